The van der Waals surface area contributed by atoms with Crippen LogP contribution >= 0.6 is 0 Å². The van der Waals surface area contributed by atoms with Crippen LogP contribution in [0.15, 0.2) is 59.4 Å². The van der Waals surface area contributed by atoms with Crippen LogP contribution in [0.5, 0.6) is 0 Å². The van der Waals surface area contributed by atoms with E-state index in [1.165, 1.54) is 0 Å². The van der Waals surface area contributed by atoms with Gasteiger partial charge in [-0.05, 0) is 31.5 Å². The van der Waals surface area contributed by atoms with Gasteiger partial charge < -0.3 is 24.4 Å². The van der Waals surface area contributed by atoms with Crippen LogP contribution in [0.3, 0.4) is 0 Å². The van der Waals surface area contributed by atoms with Gasteiger partial charge in [-0.2, -0.15) is 0 Å². The number of carbonyl (C=O) groups excluding carboxylic acids is 2. The first-order valence-corrected chi connectivity index (χ1v) is 12.0. The van der Waals surface area contributed by atoms with Crippen LogP contribution in [-0.4, -0.2) is 59.2 Å². The molecule has 0 bridgehead atoms. The summed E-state index contributed by atoms with van der Waals surface area (Å²) in [5.41, 5.74) is 2.31. The molecule has 1 atom stereocenters. The molecule has 1 aliphatic rings. The smallest absolute Gasteiger partial charge is 0.318 e. The maximum atomic E-state index is 13.1. The topological polar surface area (TPSA) is 96.8 Å². The second-order valence-corrected chi connectivity index (χ2v) is 8.37. The van der Waals surface area contributed by atoms with E-state index in [2.05, 4.69) is 10.3 Å². The van der Waals surface area contributed by atoms with Crippen LogP contribution in [0.4, 0.5) is 10.6 Å². The molecule has 184 valence electrons. The number of ether oxygens (including phenoxy) is 1. The van der Waals surface area contributed by atoms with Gasteiger partial charge in [-0.15, -0.1) is 0 Å². The van der Waals surface area contributed by atoms with Crippen LogP contribution in [0, 0.1) is 0 Å². The maximum Gasteiger partial charge on any atom is 0.318 e. The molecule has 1 saturated heterocycles. The van der Waals surface area contributed by atoms with Gasteiger partial charge in [0, 0.05) is 32.7 Å². The summed E-state index contributed by atoms with van der Waals surface area (Å²) in [7, 11) is 0. The van der Waals surface area contributed by atoms with Crippen molar-refractivity contribution in [3.63, 3.8) is 0 Å². The Kier molecular flexibility index (Phi) is 7.64. The zero-order chi connectivity index (χ0) is 24.8. The van der Waals surface area contributed by atoms with Crippen LogP contribution in [0.1, 0.15) is 31.9 Å². The second kappa shape index (κ2) is 11.0. The van der Waals surface area contributed by atoms with Gasteiger partial charge in [0.15, 0.2) is 5.82 Å². The summed E-state index contributed by atoms with van der Waals surface area (Å²) in [5.74, 6) is 0.0520. The summed E-state index contributed by atoms with van der Waals surface area (Å²) in [6.45, 7) is 6.40. The monoisotopic (exact) mass is 477 g/mol. The minimum Gasteiger partial charge on any atom is -0.466 e. The van der Waals surface area contributed by atoms with Crippen molar-refractivity contribution >= 4 is 28.9 Å². The zero-order valence-electron chi connectivity index (χ0n) is 20.1. The first kappa shape index (κ1) is 24.3. The summed E-state index contributed by atoms with van der Waals surface area (Å²) in [4.78, 5) is 46.6. The van der Waals surface area contributed by atoms with Gasteiger partial charge in [-0.3, -0.25) is 9.59 Å². The first-order chi connectivity index (χ1) is 17.0. The zero-order valence-corrected chi connectivity index (χ0v) is 20.1. The predicted molar refractivity (Wildman–Crippen MR) is 134 cm³/mol. The Hall–Kier alpha value is -3.88. The van der Waals surface area contributed by atoms with Crippen molar-refractivity contribution in [2.24, 2.45) is 0 Å². The lowest BCUT2D eigenvalue weighted by molar-refractivity contribution is -0.143. The van der Waals surface area contributed by atoms with E-state index in [0.29, 0.717) is 45.1 Å². The molecule has 2 aromatic carbocycles. The molecule has 2 heterocycles. The van der Waals surface area contributed by atoms with Crippen molar-refractivity contribution in [2.75, 3.05) is 37.7 Å². The standard InChI is InChI=1S/C26H31N5O4/c1-3-31-22-13-9-8-12-20(22)27-24(25(31)33)29-14-16-30(17-15-29)26(34)28-21(18-23(32)35-4-2)19-10-6-5-7-11-19/h5-13,21H,3-4,14-18H2,1-2H3,(H,28,34)/t21-/m1/s1. The number of amides is 2. The molecule has 0 spiro atoms. The van der Waals surface area contributed by atoms with Gasteiger partial charge in [0.05, 0.1) is 30.1 Å². The van der Waals surface area contributed by atoms with Crippen molar-refractivity contribution in [1.29, 1.82) is 0 Å². The summed E-state index contributed by atoms with van der Waals surface area (Å²) in [5, 5.41) is 2.99. The number of hydrogen-bond acceptors (Lipinski definition) is 6. The number of nitrogens with zero attached hydrogens (tertiary/aromatic N) is 4. The minimum absolute atomic E-state index is 0.0567. The lowest BCUT2D eigenvalue weighted by atomic mass is 10.0. The molecule has 0 saturated carbocycles. The highest BCUT2D eigenvalue weighted by atomic mass is 16.5. The summed E-state index contributed by atoms with van der Waals surface area (Å²) < 4.78 is 6.83. The van der Waals surface area contributed by atoms with E-state index in [4.69, 9.17) is 4.74 Å². The van der Waals surface area contributed by atoms with Crippen molar-refractivity contribution in [3.8, 4) is 0 Å². The molecule has 1 fully saturated rings. The number of nitrogens with one attached hydrogen (secondary N) is 1. The minimum atomic E-state index is -0.486. The summed E-state index contributed by atoms with van der Waals surface area (Å²) >= 11 is 0. The number of para-hydroxylation sites is 2. The lowest BCUT2D eigenvalue weighted by Gasteiger charge is -2.36. The van der Waals surface area contributed by atoms with E-state index in [1.54, 1.807) is 16.4 Å². The van der Waals surface area contributed by atoms with Crippen molar-refractivity contribution in [2.45, 2.75) is 32.9 Å². The number of rotatable bonds is 7. The number of hydrogen-bond donors (Lipinski definition) is 1. The Balaban J connectivity index is 1.45. The SMILES string of the molecule is CCOC(=O)C[C@@H](NC(=O)N1CCN(c2nc3ccccc3n(CC)c2=O)CC1)c1ccccc1. The molecule has 1 aliphatic heterocycles. The molecule has 35 heavy (non-hydrogen) atoms. The summed E-state index contributed by atoms with van der Waals surface area (Å²) in [6, 6.07) is 16.3. The van der Waals surface area contributed by atoms with Gasteiger partial charge in [0.2, 0.25) is 0 Å². The second-order valence-electron chi connectivity index (χ2n) is 8.37. The number of aromatic nitrogens is 2. The average Bonchev–Trinajstić information content (AvgIpc) is 2.88. The largest absolute Gasteiger partial charge is 0.466 e. The molecule has 3 aromatic rings. The number of esters is 1. The number of aryl methyl sites for hydroxylation is 1. The Labute approximate surface area is 204 Å². The highest BCUT2D eigenvalue weighted by Gasteiger charge is 2.27. The number of anilines is 1. The lowest BCUT2D eigenvalue weighted by Crippen LogP contribution is -2.53. The molecule has 0 unspecified atom stereocenters. The number of piperazine rings is 1. The fourth-order valence-corrected chi connectivity index (χ4v) is 4.38. The Morgan fingerprint density at radius 2 is 1.69 bits per heavy atom. The molecular formula is C26H31N5O4. The van der Waals surface area contributed by atoms with Gasteiger partial charge in [0.25, 0.3) is 5.56 Å². The van der Waals surface area contributed by atoms with E-state index in [0.717, 1.165) is 16.6 Å². The van der Waals surface area contributed by atoms with Crippen molar-refractivity contribution in [1.82, 2.24) is 19.8 Å². The maximum absolute atomic E-state index is 13.1. The first-order valence-electron chi connectivity index (χ1n) is 12.0. The van der Waals surface area contributed by atoms with Crippen LogP contribution in [-0.2, 0) is 16.1 Å². The fraction of sp³-hybridized carbons (Fsp3) is 0.385. The molecule has 2 amide bonds. The molecular weight excluding hydrogens is 446 g/mol. The molecule has 4 rings (SSSR count). The number of fused-ring (bicyclic) bond motifs is 1. The van der Waals surface area contributed by atoms with Crippen molar-refractivity contribution in [3.05, 3.63) is 70.5 Å². The van der Waals surface area contributed by atoms with Crippen LogP contribution in [0.2, 0.25) is 0 Å². The molecule has 0 aliphatic carbocycles. The highest BCUT2D eigenvalue weighted by Crippen LogP contribution is 2.19. The van der Waals surface area contributed by atoms with Crippen LogP contribution < -0.4 is 15.8 Å². The molecule has 0 radical (unpaired) electrons. The van der Waals surface area contributed by atoms with E-state index >= 15 is 0 Å². The third-order valence-corrected chi connectivity index (χ3v) is 6.19. The molecule has 1 N–H and O–H groups in total. The molecule has 9 heteroatoms. The van der Waals surface area contributed by atoms with Crippen LogP contribution in [0.25, 0.3) is 11.0 Å². The third-order valence-electron chi connectivity index (χ3n) is 6.19. The van der Waals surface area contributed by atoms with Crippen molar-refractivity contribution < 1.29 is 14.3 Å². The Morgan fingerprint density at radius 1 is 1.00 bits per heavy atom. The van der Waals surface area contributed by atoms with E-state index in [-0.39, 0.29) is 24.0 Å². The Bertz CT molecular complexity index is 1240. The van der Waals surface area contributed by atoms with Gasteiger partial charge >= 0.3 is 12.0 Å². The average molecular weight is 478 g/mol. The molecule has 1 aromatic heterocycles. The third kappa shape index (κ3) is 5.45. The number of benzene rings is 2. The normalized spacial score (nSPS) is 14.6. The highest BCUT2D eigenvalue weighted by molar-refractivity contribution is 5.78. The Morgan fingerprint density at radius 3 is 2.37 bits per heavy atom. The van der Waals surface area contributed by atoms with Gasteiger partial charge in [-0.25, -0.2) is 9.78 Å². The molecule has 9 nitrogen and oxygen atoms in total. The summed E-state index contributed by atoms with van der Waals surface area (Å²) in [6.07, 6.45) is 0.0567. The number of urea groups is 1. The van der Waals surface area contributed by atoms with E-state index in [1.807, 2.05) is 66.4 Å². The fourth-order valence-electron chi connectivity index (χ4n) is 4.38. The van der Waals surface area contributed by atoms with Gasteiger partial charge in [-0.1, -0.05) is 42.5 Å². The predicted octanol–water partition coefficient (Wildman–Crippen LogP) is 2.94. The van der Waals surface area contributed by atoms with Gasteiger partial charge in [0.1, 0.15) is 0 Å². The number of carbonyl (C=O) groups is 2. The van der Waals surface area contributed by atoms with E-state index < -0.39 is 6.04 Å². The quantitative estimate of drug-likeness (QED) is 0.526. The van der Waals surface area contributed by atoms with E-state index in [9.17, 15) is 14.4 Å².